The number of carbonyl (C=O) groups excluding carboxylic acids is 1. The first kappa shape index (κ1) is 13.4. The Kier molecular flexibility index (Phi) is 3.66. The number of amides is 1. The minimum absolute atomic E-state index is 0.183. The van der Waals surface area contributed by atoms with Crippen LogP contribution in [-0.4, -0.2) is 55.0 Å². The van der Waals surface area contributed by atoms with Crippen LogP contribution in [0.2, 0.25) is 0 Å². The lowest BCUT2D eigenvalue weighted by Crippen LogP contribution is -2.42. The molecule has 4 heteroatoms. The maximum absolute atomic E-state index is 12.8. The van der Waals surface area contributed by atoms with E-state index in [-0.39, 0.29) is 11.9 Å². The van der Waals surface area contributed by atoms with E-state index in [1.807, 2.05) is 17.0 Å². The molecule has 0 radical (unpaired) electrons. The molecule has 2 aliphatic heterocycles. The summed E-state index contributed by atoms with van der Waals surface area (Å²) >= 11 is 0. The Morgan fingerprint density at radius 3 is 3.05 bits per heavy atom. The van der Waals surface area contributed by atoms with E-state index < -0.39 is 0 Å². The second-order valence-corrected chi connectivity index (χ2v) is 6.01. The highest BCUT2D eigenvalue weighted by atomic mass is 16.2. The minimum Gasteiger partial charge on any atom is -0.384 e. The fourth-order valence-electron chi connectivity index (χ4n) is 3.28. The summed E-state index contributed by atoms with van der Waals surface area (Å²) in [6.07, 6.45) is 2.08. The van der Waals surface area contributed by atoms with E-state index in [1.54, 1.807) is 0 Å². The molecule has 1 N–H and O–H groups in total. The molecule has 0 saturated carbocycles. The molecule has 1 fully saturated rings. The minimum atomic E-state index is 0.183. The quantitative estimate of drug-likeness (QED) is 0.848. The number of carbonyl (C=O) groups is 1. The lowest BCUT2D eigenvalue weighted by atomic mass is 10.1. The van der Waals surface area contributed by atoms with E-state index in [0.717, 1.165) is 44.6 Å². The molecule has 0 bridgehead atoms. The molecule has 1 amide bonds. The summed E-state index contributed by atoms with van der Waals surface area (Å²) < 4.78 is 0. The summed E-state index contributed by atoms with van der Waals surface area (Å²) in [6.45, 7) is 6.02. The van der Waals surface area contributed by atoms with Gasteiger partial charge in [-0.3, -0.25) is 4.79 Å². The van der Waals surface area contributed by atoms with Crippen molar-refractivity contribution in [3.05, 3.63) is 29.3 Å². The van der Waals surface area contributed by atoms with E-state index >= 15 is 0 Å². The van der Waals surface area contributed by atoms with E-state index in [2.05, 4.69) is 30.3 Å². The first-order valence-corrected chi connectivity index (χ1v) is 7.51. The zero-order valence-electron chi connectivity index (χ0n) is 12.4. The number of anilines is 1. The number of nitrogens with one attached hydrogen (secondary N) is 1. The van der Waals surface area contributed by atoms with Crippen LogP contribution in [-0.2, 0) is 6.42 Å². The number of benzene rings is 1. The largest absolute Gasteiger partial charge is 0.384 e. The van der Waals surface area contributed by atoms with Gasteiger partial charge in [0.1, 0.15) is 0 Å². The molecule has 0 aromatic heterocycles. The molecule has 0 aliphatic carbocycles. The Balaban J connectivity index is 1.81. The van der Waals surface area contributed by atoms with Crippen LogP contribution in [0.4, 0.5) is 5.69 Å². The lowest BCUT2D eigenvalue weighted by molar-refractivity contribution is 0.0696. The molecule has 2 heterocycles. The third-order valence-corrected chi connectivity index (χ3v) is 4.37. The average Bonchev–Trinajstić information content (AvgIpc) is 2.83. The number of hydrogen-bond acceptors (Lipinski definition) is 3. The highest BCUT2D eigenvalue weighted by Gasteiger charge is 2.25. The van der Waals surface area contributed by atoms with Crippen LogP contribution in [0.25, 0.3) is 0 Å². The highest BCUT2D eigenvalue weighted by Crippen LogP contribution is 2.24. The second kappa shape index (κ2) is 5.44. The Morgan fingerprint density at radius 1 is 1.35 bits per heavy atom. The summed E-state index contributed by atoms with van der Waals surface area (Å²) in [7, 11) is 2.13. The molecule has 1 unspecified atom stereocenters. The topological polar surface area (TPSA) is 35.6 Å². The summed E-state index contributed by atoms with van der Waals surface area (Å²) in [4.78, 5) is 17.1. The smallest absolute Gasteiger partial charge is 0.254 e. The standard InChI is InChI=1S/C16H23N3O/c1-12-11-18(2)8-3-9-19(12)16(20)14-4-5-15-13(10-14)6-7-17-15/h4-5,10,12,17H,3,6-9,11H2,1-2H3. The van der Waals surface area contributed by atoms with Crippen LogP contribution < -0.4 is 5.32 Å². The summed E-state index contributed by atoms with van der Waals surface area (Å²) in [6, 6.07) is 6.35. The SMILES string of the molecule is CC1CN(C)CCCN1C(=O)c1ccc2c(c1)CCN2. The maximum atomic E-state index is 12.8. The fraction of sp³-hybridized carbons (Fsp3) is 0.562. The van der Waals surface area contributed by atoms with Crippen molar-refractivity contribution in [3.63, 3.8) is 0 Å². The third-order valence-electron chi connectivity index (χ3n) is 4.37. The number of nitrogens with zero attached hydrogens (tertiary/aromatic N) is 2. The predicted molar refractivity (Wildman–Crippen MR) is 81.2 cm³/mol. The molecular weight excluding hydrogens is 250 g/mol. The van der Waals surface area contributed by atoms with Gasteiger partial charge in [0.25, 0.3) is 5.91 Å². The van der Waals surface area contributed by atoms with Gasteiger partial charge in [0.15, 0.2) is 0 Å². The number of fused-ring (bicyclic) bond motifs is 1. The number of hydrogen-bond donors (Lipinski definition) is 1. The predicted octanol–water partition coefficient (Wildman–Crippen LogP) is 1.82. The van der Waals surface area contributed by atoms with Crippen molar-refractivity contribution in [1.82, 2.24) is 9.80 Å². The van der Waals surface area contributed by atoms with Gasteiger partial charge in [0.2, 0.25) is 0 Å². The van der Waals surface area contributed by atoms with Crippen LogP contribution >= 0.6 is 0 Å². The van der Waals surface area contributed by atoms with Gasteiger partial charge < -0.3 is 15.1 Å². The molecular formula is C16H23N3O. The van der Waals surface area contributed by atoms with E-state index in [0.29, 0.717) is 0 Å². The molecule has 4 nitrogen and oxygen atoms in total. The van der Waals surface area contributed by atoms with Crippen molar-refractivity contribution in [1.29, 1.82) is 0 Å². The van der Waals surface area contributed by atoms with E-state index in [1.165, 1.54) is 11.3 Å². The first-order valence-electron chi connectivity index (χ1n) is 7.51. The molecule has 0 spiro atoms. The molecule has 108 valence electrons. The van der Waals surface area contributed by atoms with Crippen molar-refractivity contribution < 1.29 is 4.79 Å². The van der Waals surface area contributed by atoms with E-state index in [9.17, 15) is 4.79 Å². The Labute approximate surface area is 120 Å². The second-order valence-electron chi connectivity index (χ2n) is 6.01. The Hall–Kier alpha value is -1.55. The van der Waals surface area contributed by atoms with Gasteiger partial charge in [-0.05, 0) is 57.1 Å². The molecule has 1 atom stereocenters. The van der Waals surface area contributed by atoms with Crippen molar-refractivity contribution in [2.75, 3.05) is 38.5 Å². The van der Waals surface area contributed by atoms with Gasteiger partial charge in [-0.15, -0.1) is 0 Å². The maximum Gasteiger partial charge on any atom is 0.254 e. The molecule has 3 rings (SSSR count). The van der Waals surface area contributed by atoms with Gasteiger partial charge in [-0.1, -0.05) is 0 Å². The monoisotopic (exact) mass is 273 g/mol. The van der Waals surface area contributed by atoms with Gasteiger partial charge >= 0.3 is 0 Å². The van der Waals surface area contributed by atoms with Crippen molar-refractivity contribution in [2.45, 2.75) is 25.8 Å². The van der Waals surface area contributed by atoms with Crippen LogP contribution in [0, 0.1) is 0 Å². The Bertz CT molecular complexity index is 514. The first-order chi connectivity index (χ1) is 9.65. The molecule has 1 saturated heterocycles. The molecule has 20 heavy (non-hydrogen) atoms. The summed E-state index contributed by atoms with van der Waals surface area (Å²) in [5.74, 6) is 0.183. The fourth-order valence-corrected chi connectivity index (χ4v) is 3.28. The summed E-state index contributed by atoms with van der Waals surface area (Å²) in [5, 5.41) is 3.34. The van der Waals surface area contributed by atoms with Crippen LogP contribution in [0.15, 0.2) is 18.2 Å². The van der Waals surface area contributed by atoms with Crippen molar-refractivity contribution >= 4 is 11.6 Å². The average molecular weight is 273 g/mol. The van der Waals surface area contributed by atoms with Crippen molar-refractivity contribution in [3.8, 4) is 0 Å². The zero-order chi connectivity index (χ0) is 14.1. The van der Waals surface area contributed by atoms with Gasteiger partial charge in [0, 0.05) is 36.9 Å². The molecule has 2 aliphatic rings. The lowest BCUT2D eigenvalue weighted by Gasteiger charge is -2.28. The molecule has 1 aromatic carbocycles. The van der Waals surface area contributed by atoms with Gasteiger partial charge in [-0.25, -0.2) is 0 Å². The third kappa shape index (κ3) is 2.52. The molecule has 1 aromatic rings. The van der Waals surface area contributed by atoms with Gasteiger partial charge in [-0.2, -0.15) is 0 Å². The highest BCUT2D eigenvalue weighted by molar-refractivity contribution is 5.95. The normalized spacial score (nSPS) is 23.1. The van der Waals surface area contributed by atoms with Crippen LogP contribution in [0.5, 0.6) is 0 Å². The van der Waals surface area contributed by atoms with Crippen LogP contribution in [0.1, 0.15) is 29.3 Å². The number of likely N-dealkylation sites (N-methyl/N-ethyl adjacent to an activating group) is 1. The van der Waals surface area contributed by atoms with Gasteiger partial charge in [0.05, 0.1) is 0 Å². The summed E-state index contributed by atoms with van der Waals surface area (Å²) in [5.41, 5.74) is 3.30. The Morgan fingerprint density at radius 2 is 2.20 bits per heavy atom. The van der Waals surface area contributed by atoms with E-state index in [4.69, 9.17) is 0 Å². The van der Waals surface area contributed by atoms with Crippen LogP contribution in [0.3, 0.4) is 0 Å². The zero-order valence-corrected chi connectivity index (χ0v) is 12.4. The van der Waals surface area contributed by atoms with Crippen molar-refractivity contribution in [2.24, 2.45) is 0 Å². The number of rotatable bonds is 1.